The van der Waals surface area contributed by atoms with Crippen molar-refractivity contribution in [3.05, 3.63) is 0 Å². The number of halogens is 1. The highest BCUT2D eigenvalue weighted by Gasteiger charge is 1.95. The molecule has 0 atom stereocenters. The number of rotatable bonds is 7. The Morgan fingerprint density at radius 3 is 2.08 bits per heavy atom. The molecule has 74 valence electrons. The number of hydrogen-bond acceptors (Lipinski definition) is 1. The lowest BCUT2D eigenvalue weighted by atomic mass is 10.1. The highest BCUT2D eigenvalue weighted by atomic mass is 35.5. The largest absolute Gasteiger partial charge is 1.00 e. The molecule has 0 saturated carbocycles. The zero-order valence-corrected chi connectivity index (χ0v) is 8.15. The fourth-order valence-corrected chi connectivity index (χ4v) is 0.983. The Bertz CT molecular complexity index is 109. The normalized spacial score (nSPS) is 9.08. The molecule has 0 fully saturated rings. The van der Waals surface area contributed by atoms with Gasteiger partial charge in [0.15, 0.2) is 0 Å². The Balaban J connectivity index is 0. The monoisotopic (exact) mass is 195 g/mol. The molecule has 0 rings (SSSR count). The maximum Gasteiger partial charge on any atom is 0.303 e. The van der Waals surface area contributed by atoms with Gasteiger partial charge in [-0.25, -0.2) is 0 Å². The van der Waals surface area contributed by atoms with Crippen LogP contribution in [0.5, 0.6) is 0 Å². The Labute approximate surface area is 79.7 Å². The standard InChI is InChI=1S/C8H17NO2.ClH/c9-7-5-3-1-2-4-6-8(10)11;/h1-7,9H2,(H,10,11);1H. The van der Waals surface area contributed by atoms with Gasteiger partial charge in [0.2, 0.25) is 0 Å². The van der Waals surface area contributed by atoms with Gasteiger partial charge in [-0.1, -0.05) is 12.8 Å². The highest BCUT2D eigenvalue weighted by molar-refractivity contribution is 5.66. The number of quaternary nitrogens is 1. The summed E-state index contributed by atoms with van der Waals surface area (Å²) < 4.78 is 0. The van der Waals surface area contributed by atoms with E-state index in [4.69, 9.17) is 5.11 Å². The van der Waals surface area contributed by atoms with Crippen molar-refractivity contribution < 1.29 is 28.0 Å². The molecular weight excluding hydrogens is 178 g/mol. The Morgan fingerprint density at radius 1 is 1.08 bits per heavy atom. The van der Waals surface area contributed by atoms with Gasteiger partial charge in [-0.3, -0.25) is 4.79 Å². The van der Waals surface area contributed by atoms with Crippen LogP contribution in [-0.2, 0) is 4.79 Å². The van der Waals surface area contributed by atoms with E-state index in [2.05, 4.69) is 5.73 Å². The van der Waals surface area contributed by atoms with E-state index >= 15 is 0 Å². The number of carbonyl (C=O) groups is 1. The Morgan fingerprint density at radius 2 is 1.58 bits per heavy atom. The molecule has 0 aliphatic carbocycles. The summed E-state index contributed by atoms with van der Waals surface area (Å²) in [6, 6.07) is 0. The summed E-state index contributed by atoms with van der Waals surface area (Å²) >= 11 is 0. The molecule has 0 heterocycles. The van der Waals surface area contributed by atoms with Crippen LogP contribution in [0.15, 0.2) is 0 Å². The van der Waals surface area contributed by atoms with Crippen molar-refractivity contribution in [1.29, 1.82) is 0 Å². The van der Waals surface area contributed by atoms with Crippen LogP contribution in [0, 0.1) is 0 Å². The van der Waals surface area contributed by atoms with Crippen LogP contribution >= 0.6 is 0 Å². The zero-order chi connectivity index (χ0) is 8.53. The minimum absolute atomic E-state index is 0. The Hall–Kier alpha value is -0.280. The van der Waals surface area contributed by atoms with Crippen LogP contribution in [0.4, 0.5) is 0 Å². The molecule has 4 heteroatoms. The van der Waals surface area contributed by atoms with Crippen molar-refractivity contribution in [3.8, 4) is 0 Å². The van der Waals surface area contributed by atoms with Gasteiger partial charge in [0.25, 0.3) is 0 Å². The summed E-state index contributed by atoms with van der Waals surface area (Å²) in [6.45, 7) is 0.999. The fraction of sp³-hybridized carbons (Fsp3) is 0.875. The summed E-state index contributed by atoms with van der Waals surface area (Å²) in [4.78, 5) is 10.1. The lowest BCUT2D eigenvalue weighted by molar-refractivity contribution is -0.368. The minimum Gasteiger partial charge on any atom is -1.00 e. The van der Waals surface area contributed by atoms with Crippen LogP contribution in [0.3, 0.4) is 0 Å². The van der Waals surface area contributed by atoms with E-state index < -0.39 is 5.97 Å². The first-order chi connectivity index (χ1) is 5.27. The highest BCUT2D eigenvalue weighted by Crippen LogP contribution is 2.03. The van der Waals surface area contributed by atoms with Gasteiger partial charge in [0, 0.05) is 6.42 Å². The lowest BCUT2D eigenvalue weighted by Gasteiger charge is -1.96. The van der Waals surface area contributed by atoms with E-state index in [0.29, 0.717) is 6.42 Å². The number of aliphatic carboxylic acids is 1. The third-order valence-electron chi connectivity index (χ3n) is 1.64. The van der Waals surface area contributed by atoms with Gasteiger partial charge < -0.3 is 23.2 Å². The third-order valence-corrected chi connectivity index (χ3v) is 1.64. The van der Waals surface area contributed by atoms with Crippen molar-refractivity contribution in [1.82, 2.24) is 0 Å². The minimum atomic E-state index is -0.679. The van der Waals surface area contributed by atoms with Crippen molar-refractivity contribution in [2.24, 2.45) is 0 Å². The molecule has 0 amide bonds. The summed E-state index contributed by atoms with van der Waals surface area (Å²) in [5, 5.41) is 8.31. The second-order valence-corrected chi connectivity index (χ2v) is 2.77. The average molecular weight is 196 g/mol. The zero-order valence-electron chi connectivity index (χ0n) is 7.39. The molecule has 0 unspecified atom stereocenters. The molecule has 0 aromatic carbocycles. The van der Waals surface area contributed by atoms with Crippen LogP contribution in [0.1, 0.15) is 38.5 Å². The molecule has 3 nitrogen and oxygen atoms in total. The van der Waals surface area contributed by atoms with E-state index in [-0.39, 0.29) is 12.4 Å². The van der Waals surface area contributed by atoms with Crippen LogP contribution in [-0.4, -0.2) is 17.6 Å². The second-order valence-electron chi connectivity index (χ2n) is 2.77. The van der Waals surface area contributed by atoms with Crippen LogP contribution in [0.25, 0.3) is 0 Å². The Kier molecular flexibility index (Phi) is 12.7. The lowest BCUT2D eigenvalue weighted by Crippen LogP contribution is -3.00. The number of hydrogen-bond donors (Lipinski definition) is 2. The predicted octanol–water partition coefficient (Wildman–Crippen LogP) is -2.34. The van der Waals surface area contributed by atoms with Crippen molar-refractivity contribution in [2.75, 3.05) is 6.54 Å². The van der Waals surface area contributed by atoms with Gasteiger partial charge in [-0.05, 0) is 19.3 Å². The van der Waals surface area contributed by atoms with Gasteiger partial charge in [0.1, 0.15) is 0 Å². The molecule has 0 aromatic rings. The van der Waals surface area contributed by atoms with Crippen molar-refractivity contribution in [3.63, 3.8) is 0 Å². The number of carboxylic acid groups (broad SMARTS) is 1. The van der Waals surface area contributed by atoms with Crippen LogP contribution in [0.2, 0.25) is 0 Å². The SMILES string of the molecule is [Cl-].[NH3+]CCCCCCCC(=O)O. The van der Waals surface area contributed by atoms with Crippen LogP contribution < -0.4 is 18.1 Å². The van der Waals surface area contributed by atoms with Gasteiger partial charge in [0.05, 0.1) is 6.54 Å². The number of carboxylic acids is 1. The second kappa shape index (κ2) is 10.7. The maximum atomic E-state index is 10.1. The molecule has 0 radical (unpaired) electrons. The first-order valence-corrected chi connectivity index (χ1v) is 4.28. The van der Waals surface area contributed by atoms with Gasteiger partial charge in [-0.2, -0.15) is 0 Å². The molecule has 0 aliphatic rings. The van der Waals surface area contributed by atoms with Crippen molar-refractivity contribution >= 4 is 5.97 Å². The van der Waals surface area contributed by atoms with E-state index in [1.165, 1.54) is 12.8 Å². The first kappa shape index (κ1) is 14.3. The maximum absolute atomic E-state index is 10.1. The summed E-state index contributed by atoms with van der Waals surface area (Å²) in [7, 11) is 0. The van der Waals surface area contributed by atoms with Crippen molar-refractivity contribution in [2.45, 2.75) is 38.5 Å². The molecular formula is C8H18ClNO2. The third kappa shape index (κ3) is 12.4. The topological polar surface area (TPSA) is 64.9 Å². The van der Waals surface area contributed by atoms with E-state index in [0.717, 1.165) is 25.8 Å². The molecule has 0 aliphatic heterocycles. The summed E-state index contributed by atoms with van der Waals surface area (Å²) in [5.74, 6) is -0.679. The number of unbranched alkanes of at least 4 members (excludes halogenated alkanes) is 4. The summed E-state index contributed by atoms with van der Waals surface area (Å²) in [6.07, 6.45) is 5.72. The van der Waals surface area contributed by atoms with Gasteiger partial charge in [-0.15, -0.1) is 0 Å². The van der Waals surface area contributed by atoms with Gasteiger partial charge >= 0.3 is 5.97 Å². The average Bonchev–Trinajstić information content (AvgIpc) is 1.96. The quantitative estimate of drug-likeness (QED) is 0.447. The first-order valence-electron chi connectivity index (χ1n) is 4.28. The smallest absolute Gasteiger partial charge is 0.303 e. The molecule has 0 spiro atoms. The van der Waals surface area contributed by atoms with E-state index in [1.807, 2.05) is 0 Å². The molecule has 0 bridgehead atoms. The van der Waals surface area contributed by atoms with E-state index in [1.54, 1.807) is 0 Å². The molecule has 4 N–H and O–H groups in total. The molecule has 0 saturated heterocycles. The fourth-order valence-electron chi connectivity index (χ4n) is 0.983. The van der Waals surface area contributed by atoms with E-state index in [9.17, 15) is 4.79 Å². The molecule has 0 aromatic heterocycles. The molecule has 12 heavy (non-hydrogen) atoms. The predicted molar refractivity (Wildman–Crippen MR) is 43.1 cm³/mol. The summed E-state index contributed by atoms with van der Waals surface area (Å²) in [5.41, 5.74) is 3.74.